The van der Waals surface area contributed by atoms with E-state index >= 15 is 0 Å². The van der Waals surface area contributed by atoms with Crippen LogP contribution in [0.3, 0.4) is 0 Å². The van der Waals surface area contributed by atoms with E-state index in [-0.39, 0.29) is 17.9 Å². The molecule has 1 aliphatic carbocycles. The Labute approximate surface area is 176 Å². The minimum absolute atomic E-state index is 0.0491. The highest BCUT2D eigenvalue weighted by Crippen LogP contribution is 2.20. The van der Waals surface area contributed by atoms with Gasteiger partial charge >= 0.3 is 0 Å². The third kappa shape index (κ3) is 4.59. The van der Waals surface area contributed by atoms with Crippen LogP contribution in [0.5, 0.6) is 0 Å². The Morgan fingerprint density at radius 1 is 0.967 bits per heavy atom. The number of aromatic nitrogens is 2. The maximum Gasteiger partial charge on any atom is 0.258 e. The lowest BCUT2D eigenvalue weighted by atomic mass is 9.95. The molecular weight excluding hydrogens is 376 g/mol. The summed E-state index contributed by atoms with van der Waals surface area (Å²) in [4.78, 5) is 25.2. The van der Waals surface area contributed by atoms with E-state index in [1.165, 1.54) is 19.3 Å². The van der Waals surface area contributed by atoms with Crippen molar-refractivity contribution in [3.63, 3.8) is 0 Å². The molecule has 6 nitrogen and oxygen atoms in total. The van der Waals surface area contributed by atoms with E-state index in [1.54, 1.807) is 29.2 Å². The van der Waals surface area contributed by atoms with Gasteiger partial charge < -0.3 is 10.6 Å². The van der Waals surface area contributed by atoms with Crippen LogP contribution >= 0.6 is 0 Å². The molecule has 1 aromatic heterocycles. The smallest absolute Gasteiger partial charge is 0.258 e. The fraction of sp³-hybridized carbons (Fsp3) is 0.292. The number of nitrogens with zero attached hydrogens (tertiary/aromatic N) is 2. The van der Waals surface area contributed by atoms with Crippen molar-refractivity contribution in [1.82, 2.24) is 15.1 Å². The number of rotatable bonds is 5. The molecule has 0 bridgehead atoms. The maximum absolute atomic E-state index is 12.6. The average Bonchev–Trinajstić information content (AvgIpc) is 3.27. The first-order chi connectivity index (χ1) is 14.6. The third-order valence-corrected chi connectivity index (χ3v) is 5.54. The van der Waals surface area contributed by atoms with Gasteiger partial charge in [-0.2, -0.15) is 5.10 Å². The zero-order valence-corrected chi connectivity index (χ0v) is 17.1. The highest BCUT2D eigenvalue weighted by atomic mass is 16.2. The summed E-state index contributed by atoms with van der Waals surface area (Å²) in [5.74, 6) is -0.285. The van der Waals surface area contributed by atoms with Gasteiger partial charge in [0.05, 0.1) is 17.4 Å². The number of hydrogen-bond donors (Lipinski definition) is 2. The molecule has 0 spiro atoms. The van der Waals surface area contributed by atoms with Gasteiger partial charge in [-0.25, -0.2) is 4.68 Å². The second kappa shape index (κ2) is 8.95. The van der Waals surface area contributed by atoms with Crippen LogP contribution in [0, 0.1) is 6.92 Å². The first-order valence-corrected chi connectivity index (χ1v) is 10.4. The lowest BCUT2D eigenvalue weighted by molar-refractivity contribution is 0.0927. The van der Waals surface area contributed by atoms with Gasteiger partial charge in [-0.3, -0.25) is 9.59 Å². The summed E-state index contributed by atoms with van der Waals surface area (Å²) in [6.07, 6.45) is 8.95. The lowest BCUT2D eigenvalue weighted by Gasteiger charge is -2.23. The Morgan fingerprint density at radius 3 is 2.47 bits per heavy atom. The minimum Gasteiger partial charge on any atom is -0.349 e. The minimum atomic E-state index is -0.236. The van der Waals surface area contributed by atoms with Crippen molar-refractivity contribution in [3.8, 4) is 5.69 Å². The molecule has 2 amide bonds. The van der Waals surface area contributed by atoms with Crippen molar-refractivity contribution in [3.05, 3.63) is 77.6 Å². The normalized spacial score (nSPS) is 14.3. The molecule has 0 radical (unpaired) electrons. The third-order valence-electron chi connectivity index (χ3n) is 5.54. The zero-order valence-electron chi connectivity index (χ0n) is 17.1. The Morgan fingerprint density at radius 2 is 1.73 bits per heavy atom. The number of hydrogen-bond acceptors (Lipinski definition) is 3. The monoisotopic (exact) mass is 402 g/mol. The summed E-state index contributed by atoms with van der Waals surface area (Å²) < 4.78 is 1.67. The highest BCUT2D eigenvalue weighted by Gasteiger charge is 2.17. The van der Waals surface area contributed by atoms with Gasteiger partial charge in [0.2, 0.25) is 0 Å². The van der Waals surface area contributed by atoms with Gasteiger partial charge in [0, 0.05) is 23.5 Å². The van der Waals surface area contributed by atoms with E-state index < -0.39 is 0 Å². The molecular formula is C24H26N4O2. The molecule has 0 aliphatic heterocycles. The van der Waals surface area contributed by atoms with Crippen molar-refractivity contribution >= 4 is 17.5 Å². The van der Waals surface area contributed by atoms with Gasteiger partial charge in [0.15, 0.2) is 0 Å². The molecule has 1 fully saturated rings. The molecule has 2 N–H and O–H groups in total. The van der Waals surface area contributed by atoms with Gasteiger partial charge in [-0.05, 0) is 55.7 Å². The number of anilines is 1. The number of carbonyl (C=O) groups is 2. The molecule has 2 aromatic carbocycles. The number of carbonyl (C=O) groups excluding carboxylic acids is 2. The molecule has 4 rings (SSSR count). The van der Waals surface area contributed by atoms with Crippen molar-refractivity contribution in [1.29, 1.82) is 0 Å². The molecule has 30 heavy (non-hydrogen) atoms. The molecule has 0 atom stereocenters. The standard InChI is InChI=1S/C24H26N4O2/c1-17-14-18(23(29)26-20-8-4-2-5-9-20)12-13-22(17)27-24(30)19-15-25-28(16-19)21-10-6-3-7-11-21/h3,6-7,10-16,20H,2,4-5,8-9H2,1H3,(H,26,29)(H,27,30). The van der Waals surface area contributed by atoms with Gasteiger partial charge in [0.1, 0.15) is 0 Å². The van der Waals surface area contributed by atoms with E-state index in [0.29, 0.717) is 16.8 Å². The van der Waals surface area contributed by atoms with Crippen LogP contribution in [0.25, 0.3) is 5.69 Å². The summed E-state index contributed by atoms with van der Waals surface area (Å²) in [5, 5.41) is 10.3. The fourth-order valence-corrected chi connectivity index (χ4v) is 3.82. The summed E-state index contributed by atoms with van der Waals surface area (Å²) in [6, 6.07) is 15.3. The van der Waals surface area contributed by atoms with Crippen LogP contribution < -0.4 is 10.6 Å². The molecule has 0 unspecified atom stereocenters. The SMILES string of the molecule is Cc1cc(C(=O)NC2CCCCC2)ccc1NC(=O)c1cnn(-c2ccccc2)c1. The van der Waals surface area contributed by atoms with E-state index in [0.717, 1.165) is 24.1 Å². The average molecular weight is 402 g/mol. The van der Waals surface area contributed by atoms with Gasteiger partial charge in [-0.1, -0.05) is 37.5 Å². The number of amides is 2. The van der Waals surface area contributed by atoms with Crippen LogP contribution in [0.4, 0.5) is 5.69 Å². The molecule has 1 heterocycles. The van der Waals surface area contributed by atoms with E-state index in [2.05, 4.69) is 15.7 Å². The summed E-state index contributed by atoms with van der Waals surface area (Å²) in [7, 11) is 0. The first-order valence-electron chi connectivity index (χ1n) is 10.4. The Bertz CT molecular complexity index is 1040. The predicted molar refractivity (Wildman–Crippen MR) is 117 cm³/mol. The number of aryl methyl sites for hydroxylation is 1. The van der Waals surface area contributed by atoms with Crippen molar-refractivity contribution in [2.75, 3.05) is 5.32 Å². The summed E-state index contributed by atoms with van der Waals surface area (Å²) >= 11 is 0. The number of benzene rings is 2. The van der Waals surface area contributed by atoms with Crippen LogP contribution in [0.15, 0.2) is 60.9 Å². The first kappa shape index (κ1) is 19.9. The van der Waals surface area contributed by atoms with Gasteiger partial charge in [0.25, 0.3) is 11.8 Å². The van der Waals surface area contributed by atoms with Crippen LogP contribution in [0.2, 0.25) is 0 Å². The molecule has 6 heteroatoms. The van der Waals surface area contributed by atoms with Crippen LogP contribution in [0.1, 0.15) is 58.4 Å². The molecule has 0 saturated heterocycles. The predicted octanol–water partition coefficient (Wildman–Crippen LogP) is 4.50. The van der Waals surface area contributed by atoms with E-state index in [1.807, 2.05) is 43.3 Å². The number of para-hydroxylation sites is 1. The Hall–Kier alpha value is -3.41. The lowest BCUT2D eigenvalue weighted by Crippen LogP contribution is -2.36. The number of nitrogens with one attached hydrogen (secondary N) is 2. The summed E-state index contributed by atoms with van der Waals surface area (Å²) in [5.41, 5.74) is 3.50. The molecule has 154 valence electrons. The maximum atomic E-state index is 12.6. The quantitative estimate of drug-likeness (QED) is 0.660. The molecule has 1 aliphatic rings. The Balaban J connectivity index is 1.41. The molecule has 3 aromatic rings. The fourth-order valence-electron chi connectivity index (χ4n) is 3.82. The van der Waals surface area contributed by atoms with Crippen LogP contribution in [-0.4, -0.2) is 27.6 Å². The van der Waals surface area contributed by atoms with Crippen molar-refractivity contribution < 1.29 is 9.59 Å². The van der Waals surface area contributed by atoms with Crippen molar-refractivity contribution in [2.24, 2.45) is 0 Å². The largest absolute Gasteiger partial charge is 0.349 e. The summed E-state index contributed by atoms with van der Waals surface area (Å²) in [6.45, 7) is 1.89. The Kier molecular flexibility index (Phi) is 5.93. The van der Waals surface area contributed by atoms with Crippen molar-refractivity contribution in [2.45, 2.75) is 45.1 Å². The second-order valence-electron chi connectivity index (χ2n) is 7.80. The molecule has 1 saturated carbocycles. The van der Waals surface area contributed by atoms with E-state index in [9.17, 15) is 9.59 Å². The zero-order chi connectivity index (χ0) is 20.9. The van der Waals surface area contributed by atoms with Crippen LogP contribution in [-0.2, 0) is 0 Å². The van der Waals surface area contributed by atoms with Gasteiger partial charge in [-0.15, -0.1) is 0 Å². The van der Waals surface area contributed by atoms with E-state index in [4.69, 9.17) is 0 Å². The highest BCUT2D eigenvalue weighted by molar-refractivity contribution is 6.04. The topological polar surface area (TPSA) is 76.0 Å². The second-order valence-corrected chi connectivity index (χ2v) is 7.80.